The molecule has 33 heteroatoms. The molecular weight excluding hydrogens is 1770 g/mol. The van der Waals surface area contributed by atoms with Gasteiger partial charge in [0, 0.05) is 71.7 Å². The summed E-state index contributed by atoms with van der Waals surface area (Å²) in [6.45, 7) is 31.5. The Bertz CT molecular complexity index is 5530. The standard InChI is InChI=1S/C44H55ClN4O9.C33H42BrNO9S.C18H20ClN3O3/c1-8-12-55-35-11-10-29-36(18-31(47-39(29)38(35)45)32-22-56-42(48-32)46-23(3)4)57-28-16-33(34(50)20-44(41(53)54)19-26(44)9-2)49(21-28)40(52)30(43(5,6)7)17-37(51)58-27-14-24-13-25(24)15-27;1-6-21-16-33(21,31(39)42-5)17-28(36)27-14-24(44-45(40,41)25-9-7-22(34)8-10-25)18-35(27)30(38)26(32(2,3)4)15-29(37)43-23-12-19-11-20(19)13-23;1-4-7-24-15-6-5-11-14(23)8-12(21-17(11)16(15)19)13-9-25-18(22-13)20-10(2)3/h9-11,18,22-28,30,33H,2,8,12-17,19-21H2,1,3-7H3,(H,46,48)(H,53,54);6-10,19-21,23-24,26-27H,1,11-18H2,2-5H3;5-6,8-10H,4,7H2,1-3H3,(H,20,22)(H,21,23)/t24-,25+,26-,27?,28+,30-,33+,44-;19-,20+,21-,23?,24+,26-,27+,33-;/m11./s1. The zero-order chi connectivity index (χ0) is 92.6. The second kappa shape index (κ2) is 39.2. The number of carboxylic acid groups (broad SMARTS) is 1. The van der Waals surface area contributed by atoms with Crippen LogP contribution < -0.4 is 30.3 Å². The smallest absolute Gasteiger partial charge is 0.312 e. The number of likely N-dealkylation sites (tertiary alicyclic amines) is 2. The van der Waals surface area contributed by atoms with Gasteiger partial charge in [0.1, 0.15) is 69.5 Å². The van der Waals surface area contributed by atoms with Crippen LogP contribution in [0.3, 0.4) is 0 Å². The number of carbonyl (C=O) groups is 8. The number of esters is 3. The summed E-state index contributed by atoms with van der Waals surface area (Å²) < 4.78 is 78.7. The number of aromatic nitrogens is 4. The Kier molecular flexibility index (Phi) is 29.3. The lowest BCUT2D eigenvalue weighted by molar-refractivity contribution is -0.157. The van der Waals surface area contributed by atoms with Crippen LogP contribution in [0.5, 0.6) is 17.2 Å². The van der Waals surface area contributed by atoms with Crippen LogP contribution in [0.1, 0.15) is 186 Å². The van der Waals surface area contributed by atoms with Gasteiger partial charge in [0.25, 0.3) is 22.1 Å². The van der Waals surface area contributed by atoms with Crippen LogP contribution in [0, 0.1) is 69.0 Å². The zero-order valence-electron chi connectivity index (χ0n) is 74.8. The first-order chi connectivity index (χ1) is 60.6. The van der Waals surface area contributed by atoms with Gasteiger partial charge in [0.05, 0.1) is 108 Å². The van der Waals surface area contributed by atoms with Gasteiger partial charge >= 0.3 is 23.9 Å². The number of Topliss-reactive ketones (excluding diaryl/α,β-unsaturated/α-hetero) is 2. The molecule has 2 unspecified atom stereocenters. The second-order valence-corrected chi connectivity index (χ2v) is 41.5. The number of carbonyl (C=O) groups excluding carboxylic acids is 7. The number of nitrogens with one attached hydrogen (secondary N) is 3. The van der Waals surface area contributed by atoms with E-state index in [1.807, 2.05) is 89.2 Å². The van der Waals surface area contributed by atoms with Crippen LogP contribution in [0.4, 0.5) is 12.0 Å². The minimum Gasteiger partial charge on any atom is -0.492 e. The molecule has 16 atom stereocenters. The number of H-pyrrole nitrogens is 1. The highest BCUT2D eigenvalue weighted by Gasteiger charge is 2.63. The summed E-state index contributed by atoms with van der Waals surface area (Å²) in [6.07, 6.45) is 11.6. The highest BCUT2D eigenvalue weighted by Crippen LogP contribution is 2.59. The Balaban J connectivity index is 0.000000177. The van der Waals surface area contributed by atoms with Crippen molar-refractivity contribution in [2.75, 3.05) is 44.0 Å². The number of fused-ring (bicyclic) bond motifs is 4. The quantitative estimate of drug-likeness (QED) is 0.0124. The number of carboxylic acids is 1. The number of ketones is 2. The summed E-state index contributed by atoms with van der Waals surface area (Å²) in [7, 11) is -2.96. The zero-order valence-corrected chi connectivity index (χ0v) is 78.7. The number of allylic oxidation sites excluding steroid dienone is 2. The maximum atomic E-state index is 14.8. The Morgan fingerprint density at radius 1 is 0.625 bits per heavy atom. The third kappa shape index (κ3) is 22.0. The maximum Gasteiger partial charge on any atom is 0.312 e. The van der Waals surface area contributed by atoms with E-state index >= 15 is 0 Å². The number of amides is 2. The second-order valence-electron chi connectivity index (χ2n) is 38.3. The van der Waals surface area contributed by atoms with Crippen molar-refractivity contribution in [3.8, 4) is 40.0 Å². The number of rotatable bonds is 35. The van der Waals surface area contributed by atoms with E-state index in [9.17, 15) is 56.7 Å². The van der Waals surface area contributed by atoms with Crippen molar-refractivity contribution in [2.24, 2.45) is 69.0 Å². The van der Waals surface area contributed by atoms with Gasteiger partial charge in [-0.25, -0.2) is 4.98 Å². The summed E-state index contributed by atoms with van der Waals surface area (Å²) in [5, 5.41) is 18.2. The average molecular weight is 1890 g/mol. The largest absolute Gasteiger partial charge is 0.492 e. The fourth-order valence-electron chi connectivity index (χ4n) is 18.4. The number of hydrogen-bond donors (Lipinski definition) is 4. The van der Waals surface area contributed by atoms with E-state index in [4.69, 9.17) is 69.6 Å². The van der Waals surface area contributed by atoms with Crippen molar-refractivity contribution in [1.29, 1.82) is 0 Å². The summed E-state index contributed by atoms with van der Waals surface area (Å²) in [6, 6.07) is 15.1. The van der Waals surface area contributed by atoms with Crippen molar-refractivity contribution < 1.29 is 93.3 Å². The van der Waals surface area contributed by atoms with Crippen LogP contribution in [-0.2, 0) is 66.9 Å². The first-order valence-electron chi connectivity index (χ1n) is 44.2. The summed E-state index contributed by atoms with van der Waals surface area (Å²) in [5.41, 5.74) is -1.00. The highest BCUT2D eigenvalue weighted by atomic mass is 79.9. The molecule has 128 heavy (non-hydrogen) atoms. The number of anilines is 2. The predicted molar refractivity (Wildman–Crippen MR) is 484 cm³/mol. The topological polar surface area (TPSA) is 384 Å². The fraction of sp³-hybridized carbons (Fsp3) is 0.558. The van der Waals surface area contributed by atoms with Gasteiger partial charge in [-0.1, -0.05) is 107 Å². The molecule has 4 aromatic heterocycles. The van der Waals surface area contributed by atoms with Gasteiger partial charge in [-0.2, -0.15) is 18.4 Å². The predicted octanol–water partition coefficient (Wildman–Crippen LogP) is 17.4. The van der Waals surface area contributed by atoms with Crippen molar-refractivity contribution in [3.63, 3.8) is 0 Å². The van der Waals surface area contributed by atoms with Gasteiger partial charge < -0.3 is 67.8 Å². The molecule has 2 amide bonds. The molecule has 7 aromatic rings. The van der Waals surface area contributed by atoms with E-state index in [1.165, 1.54) is 60.5 Å². The molecule has 0 spiro atoms. The minimum absolute atomic E-state index is 0.0187. The number of aromatic amines is 1. The molecule has 8 aliphatic rings. The number of benzene rings is 3. The third-order valence-electron chi connectivity index (χ3n) is 25.8. The third-order valence-corrected chi connectivity index (χ3v) is 28.4. The SMILES string of the molecule is C=C[C@@H]1C[C@]1(CC(=O)[C@@H]1C[C@H](OS(=O)(=O)c2ccc(Br)cc2)CN1C(=O)[C@@H](CC(=O)OC1C[C@@H]2C[C@@H]2C1)C(C)(C)C)C(=O)OC.C=C[C@@H]1C[C@]1(CC(=O)[C@@H]1C[C@H](Oc2cc(-c3coc(NC(C)C)n3)nc3c(Cl)c(OCCC)ccc23)CN1C(=O)[C@@H](CC(=O)OC1C[C@@H]2C[C@@H]2C1)C(C)(C)C)C(=O)O.CCCOc1ccc2c(=O)cc(-c3coc(NC(C)C)n3)[nH]c2c1Cl. The van der Waals surface area contributed by atoms with Crippen LogP contribution in [-0.4, -0.2) is 173 Å². The Labute approximate surface area is 764 Å². The van der Waals surface area contributed by atoms with Crippen molar-refractivity contribution in [3.05, 3.63) is 123 Å². The Morgan fingerprint density at radius 2 is 1.10 bits per heavy atom. The monoisotopic (exact) mass is 1890 g/mol. The molecule has 0 radical (unpaired) electrons. The number of hydrogen-bond acceptors (Lipinski definition) is 25. The number of oxazole rings is 2. The van der Waals surface area contributed by atoms with Crippen LogP contribution in [0.25, 0.3) is 44.6 Å². The number of aliphatic carboxylic acids is 1. The van der Waals surface area contributed by atoms with Gasteiger partial charge in [0.2, 0.25) is 11.8 Å². The van der Waals surface area contributed by atoms with Crippen molar-refractivity contribution in [2.45, 2.75) is 239 Å². The first kappa shape index (κ1) is 95.9. The summed E-state index contributed by atoms with van der Waals surface area (Å²) in [4.78, 5) is 141. The molecule has 6 heterocycles. The lowest BCUT2D eigenvalue weighted by Crippen LogP contribution is -2.48. The van der Waals surface area contributed by atoms with Gasteiger partial charge in [0.15, 0.2) is 17.0 Å². The lowest BCUT2D eigenvalue weighted by atomic mass is 9.77. The van der Waals surface area contributed by atoms with Gasteiger partial charge in [-0.05, 0) is 187 Å². The summed E-state index contributed by atoms with van der Waals surface area (Å²) in [5.74, 6) is -2.43. The van der Waals surface area contributed by atoms with E-state index in [0.29, 0.717) is 133 Å². The van der Waals surface area contributed by atoms with Gasteiger partial charge in [-0.15, -0.1) is 13.2 Å². The molecule has 690 valence electrons. The van der Waals surface area contributed by atoms with Crippen LogP contribution in [0.15, 0.2) is 121 Å². The normalized spacial score (nSPS) is 25.2. The molecule has 2 aliphatic heterocycles. The van der Waals surface area contributed by atoms with Crippen molar-refractivity contribution >= 4 is 130 Å². The molecule has 0 bridgehead atoms. The van der Waals surface area contributed by atoms with E-state index in [1.54, 1.807) is 48.6 Å². The number of ether oxygens (including phenoxy) is 6. The molecule has 3 aromatic carbocycles. The average Bonchev–Trinajstić information content (AvgIpc) is 1.61. The van der Waals surface area contributed by atoms with Crippen molar-refractivity contribution in [1.82, 2.24) is 29.7 Å². The van der Waals surface area contributed by atoms with Crippen LogP contribution >= 0.6 is 39.1 Å². The van der Waals surface area contributed by atoms with Crippen LogP contribution in [0.2, 0.25) is 10.0 Å². The maximum absolute atomic E-state index is 14.8. The Hall–Kier alpha value is -9.69. The molecule has 6 aliphatic carbocycles. The highest BCUT2D eigenvalue weighted by molar-refractivity contribution is 9.10. The van der Waals surface area contributed by atoms with Gasteiger partial charge in [-0.3, -0.25) is 47.3 Å². The molecule has 15 rings (SSSR count). The number of pyridine rings is 2. The van der Waals surface area contributed by atoms with E-state index < -0.39 is 103 Å². The fourth-order valence-corrected chi connectivity index (χ4v) is 20.3. The molecule has 4 N–H and O–H groups in total. The molecule has 6 saturated carbocycles. The number of methoxy groups -OCH3 is 1. The molecule has 8 fully saturated rings. The van der Waals surface area contributed by atoms with E-state index in [0.717, 1.165) is 38.5 Å². The number of halogens is 3. The molecule has 2 saturated heterocycles. The lowest BCUT2D eigenvalue weighted by Gasteiger charge is -2.35. The van der Waals surface area contributed by atoms with E-state index in [-0.39, 0.29) is 115 Å². The Morgan fingerprint density at radius 3 is 1.59 bits per heavy atom. The van der Waals surface area contributed by atoms with E-state index in [2.05, 4.69) is 54.7 Å². The number of nitrogens with zero attached hydrogens (tertiary/aromatic N) is 5. The first-order valence-corrected chi connectivity index (χ1v) is 47.2. The molecular formula is C95H117BrCl2N8O21S. The minimum atomic E-state index is -4.23. The molecule has 29 nitrogen and oxygen atoms in total. The summed E-state index contributed by atoms with van der Waals surface area (Å²) >= 11 is 16.7.